The van der Waals surface area contributed by atoms with Gasteiger partial charge in [0, 0.05) is 7.05 Å². The van der Waals surface area contributed by atoms with Crippen LogP contribution in [0.1, 0.15) is 20.8 Å². The summed E-state index contributed by atoms with van der Waals surface area (Å²) in [6.45, 7) is 6.11. The molecule has 0 aromatic heterocycles. The van der Waals surface area contributed by atoms with E-state index in [1.165, 1.54) is 0 Å². The molecule has 1 aliphatic heterocycles. The van der Waals surface area contributed by atoms with Crippen LogP contribution in [0.2, 0.25) is 0 Å². The molecule has 0 spiro atoms. The van der Waals surface area contributed by atoms with Gasteiger partial charge in [0.1, 0.15) is 0 Å². The molecule has 0 aromatic rings. The van der Waals surface area contributed by atoms with Gasteiger partial charge in [-0.3, -0.25) is 10.1 Å². The molecule has 64 valence electrons. The van der Waals surface area contributed by atoms with Gasteiger partial charge in [-0.1, -0.05) is 13.8 Å². The van der Waals surface area contributed by atoms with Crippen molar-refractivity contribution >= 4 is 5.91 Å². The molecule has 1 rings (SSSR count). The first-order valence-electron chi connectivity index (χ1n) is 4.06. The van der Waals surface area contributed by atoms with Crippen molar-refractivity contribution in [3.05, 3.63) is 0 Å². The monoisotopic (exact) mass is 156 g/mol. The third-order valence-electron chi connectivity index (χ3n) is 2.28. The maximum absolute atomic E-state index is 11.4. The van der Waals surface area contributed by atoms with E-state index in [9.17, 15) is 4.79 Å². The van der Waals surface area contributed by atoms with Crippen molar-refractivity contribution in [1.82, 2.24) is 10.2 Å². The SMILES string of the molecule is CC(C)C1NC(C)N(C)C1=O. The second-order valence-corrected chi connectivity index (χ2v) is 3.51. The number of carbonyl (C=O) groups excluding carboxylic acids is 1. The van der Waals surface area contributed by atoms with Crippen LogP contribution in [0.25, 0.3) is 0 Å². The number of hydrogen-bond acceptors (Lipinski definition) is 2. The Balaban J connectivity index is 2.67. The Morgan fingerprint density at radius 3 is 2.27 bits per heavy atom. The van der Waals surface area contributed by atoms with E-state index in [4.69, 9.17) is 0 Å². The van der Waals surface area contributed by atoms with E-state index >= 15 is 0 Å². The Kier molecular flexibility index (Phi) is 2.18. The summed E-state index contributed by atoms with van der Waals surface area (Å²) in [4.78, 5) is 13.2. The fourth-order valence-electron chi connectivity index (χ4n) is 1.33. The van der Waals surface area contributed by atoms with E-state index in [1.54, 1.807) is 4.90 Å². The predicted molar refractivity (Wildman–Crippen MR) is 44.0 cm³/mol. The lowest BCUT2D eigenvalue weighted by molar-refractivity contribution is -0.129. The summed E-state index contributed by atoms with van der Waals surface area (Å²) in [5, 5.41) is 3.23. The maximum Gasteiger partial charge on any atom is 0.241 e. The van der Waals surface area contributed by atoms with Crippen LogP contribution in [0.5, 0.6) is 0 Å². The molecular formula is C8H16N2O. The Morgan fingerprint density at radius 1 is 1.55 bits per heavy atom. The first kappa shape index (κ1) is 8.53. The average molecular weight is 156 g/mol. The third-order valence-corrected chi connectivity index (χ3v) is 2.28. The van der Waals surface area contributed by atoms with Gasteiger partial charge in [-0.25, -0.2) is 0 Å². The van der Waals surface area contributed by atoms with Gasteiger partial charge < -0.3 is 4.90 Å². The van der Waals surface area contributed by atoms with Gasteiger partial charge in [0.2, 0.25) is 5.91 Å². The van der Waals surface area contributed by atoms with Crippen molar-refractivity contribution in [2.75, 3.05) is 7.05 Å². The number of hydrogen-bond donors (Lipinski definition) is 1. The second-order valence-electron chi connectivity index (χ2n) is 3.51. The molecule has 1 aliphatic rings. The molecule has 3 heteroatoms. The topological polar surface area (TPSA) is 32.3 Å². The van der Waals surface area contributed by atoms with Crippen molar-refractivity contribution in [2.45, 2.75) is 33.0 Å². The largest absolute Gasteiger partial charge is 0.329 e. The number of nitrogens with one attached hydrogen (secondary N) is 1. The summed E-state index contributed by atoms with van der Waals surface area (Å²) in [5.41, 5.74) is 0. The molecule has 2 atom stereocenters. The van der Waals surface area contributed by atoms with Crippen LogP contribution < -0.4 is 5.32 Å². The molecule has 1 fully saturated rings. The molecule has 0 radical (unpaired) electrons. The standard InChI is InChI=1S/C8H16N2O/c1-5(2)7-8(11)10(4)6(3)9-7/h5-7,9H,1-4H3. The number of rotatable bonds is 1. The molecule has 3 nitrogen and oxygen atoms in total. The van der Waals surface area contributed by atoms with Gasteiger partial charge in [0.25, 0.3) is 0 Å². The van der Waals surface area contributed by atoms with Crippen molar-refractivity contribution in [3.8, 4) is 0 Å². The molecule has 1 saturated heterocycles. The highest BCUT2D eigenvalue weighted by atomic mass is 16.2. The van der Waals surface area contributed by atoms with E-state index in [0.717, 1.165) is 0 Å². The van der Waals surface area contributed by atoms with Gasteiger partial charge >= 0.3 is 0 Å². The molecule has 1 heterocycles. The molecular weight excluding hydrogens is 140 g/mol. The second kappa shape index (κ2) is 2.81. The Morgan fingerprint density at radius 2 is 2.09 bits per heavy atom. The molecule has 2 unspecified atom stereocenters. The predicted octanol–water partition coefficient (Wildman–Crippen LogP) is 0.419. The molecule has 0 aromatic carbocycles. The Hall–Kier alpha value is -0.570. The lowest BCUT2D eigenvalue weighted by atomic mass is 10.1. The van der Waals surface area contributed by atoms with Crippen LogP contribution in [0.3, 0.4) is 0 Å². The fraction of sp³-hybridized carbons (Fsp3) is 0.875. The third kappa shape index (κ3) is 1.38. The van der Waals surface area contributed by atoms with E-state index in [1.807, 2.05) is 14.0 Å². The summed E-state index contributed by atoms with van der Waals surface area (Å²) in [6, 6.07) is 0.0231. The summed E-state index contributed by atoms with van der Waals surface area (Å²) < 4.78 is 0. The van der Waals surface area contributed by atoms with Crippen molar-refractivity contribution < 1.29 is 4.79 Å². The Labute approximate surface area is 67.8 Å². The molecule has 1 amide bonds. The van der Waals surface area contributed by atoms with Crippen LogP contribution in [-0.2, 0) is 4.79 Å². The molecule has 0 bridgehead atoms. The van der Waals surface area contributed by atoms with Crippen molar-refractivity contribution in [3.63, 3.8) is 0 Å². The molecule has 11 heavy (non-hydrogen) atoms. The first-order valence-corrected chi connectivity index (χ1v) is 4.06. The van der Waals surface area contributed by atoms with Crippen LogP contribution in [0, 0.1) is 5.92 Å². The number of likely N-dealkylation sites (N-methyl/N-ethyl adjacent to an activating group) is 1. The minimum Gasteiger partial charge on any atom is -0.329 e. The molecule has 0 saturated carbocycles. The van der Waals surface area contributed by atoms with Crippen molar-refractivity contribution in [2.24, 2.45) is 5.92 Å². The minimum absolute atomic E-state index is 0.0231. The van der Waals surface area contributed by atoms with E-state index in [2.05, 4.69) is 19.2 Å². The van der Waals surface area contributed by atoms with Gasteiger partial charge in [0.05, 0.1) is 12.2 Å². The van der Waals surface area contributed by atoms with Crippen LogP contribution in [0.15, 0.2) is 0 Å². The first-order chi connectivity index (χ1) is 5.04. The highest BCUT2D eigenvalue weighted by Crippen LogP contribution is 2.13. The van der Waals surface area contributed by atoms with Crippen LogP contribution >= 0.6 is 0 Å². The van der Waals surface area contributed by atoms with Crippen LogP contribution in [0.4, 0.5) is 0 Å². The quantitative estimate of drug-likeness (QED) is 0.596. The molecule has 0 aliphatic carbocycles. The zero-order valence-electron chi connectivity index (χ0n) is 7.59. The van der Waals surface area contributed by atoms with Crippen LogP contribution in [-0.4, -0.2) is 30.1 Å². The van der Waals surface area contributed by atoms with Gasteiger partial charge in [-0.05, 0) is 12.8 Å². The Bertz CT molecular complexity index is 167. The lowest BCUT2D eigenvalue weighted by Crippen LogP contribution is -2.34. The van der Waals surface area contributed by atoms with E-state index in [-0.39, 0.29) is 18.1 Å². The maximum atomic E-state index is 11.4. The number of nitrogens with zero attached hydrogens (tertiary/aromatic N) is 1. The summed E-state index contributed by atoms with van der Waals surface area (Å²) in [5.74, 6) is 0.599. The highest BCUT2D eigenvalue weighted by Gasteiger charge is 2.35. The molecule has 1 N–H and O–H groups in total. The smallest absolute Gasteiger partial charge is 0.241 e. The van der Waals surface area contributed by atoms with Crippen molar-refractivity contribution in [1.29, 1.82) is 0 Å². The zero-order chi connectivity index (χ0) is 8.59. The minimum atomic E-state index is 0.0231. The summed E-state index contributed by atoms with van der Waals surface area (Å²) in [7, 11) is 1.84. The number of carbonyl (C=O) groups is 1. The highest BCUT2D eigenvalue weighted by molar-refractivity contribution is 5.84. The lowest BCUT2D eigenvalue weighted by Gasteiger charge is -2.12. The summed E-state index contributed by atoms with van der Waals surface area (Å²) >= 11 is 0. The zero-order valence-corrected chi connectivity index (χ0v) is 7.59. The van der Waals surface area contributed by atoms with Gasteiger partial charge in [-0.15, -0.1) is 0 Å². The summed E-state index contributed by atoms with van der Waals surface area (Å²) in [6.07, 6.45) is 0.190. The van der Waals surface area contributed by atoms with Gasteiger partial charge in [0.15, 0.2) is 0 Å². The normalized spacial score (nSPS) is 32.1. The average Bonchev–Trinajstić information content (AvgIpc) is 2.17. The van der Waals surface area contributed by atoms with E-state index < -0.39 is 0 Å². The fourth-order valence-corrected chi connectivity index (χ4v) is 1.33. The van der Waals surface area contributed by atoms with E-state index in [0.29, 0.717) is 5.92 Å². The number of amides is 1. The van der Waals surface area contributed by atoms with Gasteiger partial charge in [-0.2, -0.15) is 0 Å².